The van der Waals surface area contributed by atoms with E-state index in [1.54, 1.807) is 39.0 Å². The molecule has 8 heteroatoms. The van der Waals surface area contributed by atoms with Crippen LogP contribution >= 0.6 is 0 Å². The van der Waals surface area contributed by atoms with Crippen molar-refractivity contribution in [2.24, 2.45) is 0 Å². The third-order valence-electron chi connectivity index (χ3n) is 4.73. The fourth-order valence-corrected chi connectivity index (χ4v) is 5.75. The molecular weight excluding hydrogens is 397 g/mol. The number of hydrogen-bond acceptors (Lipinski definition) is 5. The van der Waals surface area contributed by atoms with Gasteiger partial charge < -0.3 is 14.8 Å². The van der Waals surface area contributed by atoms with Gasteiger partial charge in [0, 0.05) is 5.92 Å². The van der Waals surface area contributed by atoms with Crippen molar-refractivity contribution >= 4 is 22.2 Å². The minimum absolute atomic E-state index is 0.0341. The first-order chi connectivity index (χ1) is 13.5. The van der Waals surface area contributed by atoms with Gasteiger partial charge in [-0.15, -0.1) is 0 Å². The summed E-state index contributed by atoms with van der Waals surface area (Å²) in [5, 5.41) is 1.22. The van der Waals surface area contributed by atoms with Crippen molar-refractivity contribution < 1.29 is 27.1 Å². The second kappa shape index (κ2) is 7.26. The van der Waals surface area contributed by atoms with Crippen molar-refractivity contribution in [1.29, 1.82) is 0 Å². The van der Waals surface area contributed by atoms with Crippen molar-refractivity contribution in [1.82, 2.24) is 5.32 Å². The molecule has 0 radical (unpaired) electrons. The van der Waals surface area contributed by atoms with Crippen LogP contribution in [0.3, 0.4) is 0 Å². The van der Waals surface area contributed by atoms with E-state index in [4.69, 9.17) is 4.74 Å². The highest BCUT2D eigenvalue weighted by atomic mass is 32.2. The number of benzene rings is 2. The molecule has 0 bridgehead atoms. The number of nitrogens with one attached hydrogen (secondary N) is 1. The van der Waals surface area contributed by atoms with Crippen LogP contribution in [0.1, 0.15) is 32.3 Å². The SMILES string of the molecule is CC(C)(C)OC(=O)N[C@]1(C=O)[C@@H](c2ccc(F)cc2)[C@@H]1S(=O)(=O)c1ccccc1. The third-order valence-corrected chi connectivity index (χ3v) is 6.99. The molecule has 0 saturated heterocycles. The molecule has 2 aromatic rings. The van der Waals surface area contributed by atoms with E-state index in [0.29, 0.717) is 11.8 Å². The van der Waals surface area contributed by atoms with Gasteiger partial charge in [0.2, 0.25) is 0 Å². The first-order valence-corrected chi connectivity index (χ1v) is 10.6. The van der Waals surface area contributed by atoms with Crippen molar-refractivity contribution in [2.75, 3.05) is 0 Å². The van der Waals surface area contributed by atoms with Crippen LogP contribution < -0.4 is 5.32 Å². The fourth-order valence-electron chi connectivity index (χ4n) is 3.49. The van der Waals surface area contributed by atoms with Gasteiger partial charge in [-0.25, -0.2) is 17.6 Å². The summed E-state index contributed by atoms with van der Waals surface area (Å²) in [6.07, 6.45) is -0.474. The van der Waals surface area contributed by atoms with Crippen LogP contribution in [-0.2, 0) is 19.4 Å². The van der Waals surface area contributed by atoms with Crippen molar-refractivity contribution in [3.63, 3.8) is 0 Å². The number of halogens is 1. The zero-order valence-electron chi connectivity index (χ0n) is 16.3. The van der Waals surface area contributed by atoms with E-state index in [1.165, 1.54) is 36.4 Å². The molecule has 0 aliphatic heterocycles. The monoisotopic (exact) mass is 419 g/mol. The van der Waals surface area contributed by atoms with Crippen LogP contribution in [-0.4, -0.2) is 37.2 Å². The highest BCUT2D eigenvalue weighted by molar-refractivity contribution is 7.92. The third kappa shape index (κ3) is 4.03. The number of carbonyl (C=O) groups excluding carboxylic acids is 2. The summed E-state index contributed by atoms with van der Waals surface area (Å²) < 4.78 is 45.1. The second-order valence-corrected chi connectivity index (χ2v) is 10.1. The van der Waals surface area contributed by atoms with Gasteiger partial charge in [-0.2, -0.15) is 0 Å². The second-order valence-electron chi connectivity index (χ2n) is 7.99. The molecule has 2 aromatic carbocycles. The molecular formula is C21H22FNO5S. The average molecular weight is 419 g/mol. The predicted octanol–water partition coefficient (Wildman–Crippen LogP) is 3.23. The van der Waals surface area contributed by atoms with E-state index in [0.717, 1.165) is 0 Å². The van der Waals surface area contributed by atoms with Crippen LogP contribution in [0.25, 0.3) is 0 Å². The van der Waals surface area contributed by atoms with Gasteiger partial charge in [-0.3, -0.25) is 0 Å². The summed E-state index contributed by atoms with van der Waals surface area (Å²) in [6, 6.07) is 12.9. The maximum Gasteiger partial charge on any atom is 0.408 e. The van der Waals surface area contributed by atoms with Gasteiger partial charge in [0.1, 0.15) is 28.5 Å². The Morgan fingerprint density at radius 3 is 2.21 bits per heavy atom. The smallest absolute Gasteiger partial charge is 0.408 e. The number of rotatable bonds is 5. The van der Waals surface area contributed by atoms with E-state index < -0.39 is 44.1 Å². The molecule has 0 unspecified atom stereocenters. The number of aldehydes is 1. The molecule has 6 nitrogen and oxygen atoms in total. The van der Waals surface area contributed by atoms with Gasteiger partial charge in [-0.1, -0.05) is 30.3 Å². The summed E-state index contributed by atoms with van der Waals surface area (Å²) in [6.45, 7) is 4.97. The van der Waals surface area contributed by atoms with Crippen molar-refractivity contribution in [3.05, 3.63) is 66.0 Å². The zero-order valence-corrected chi connectivity index (χ0v) is 17.1. The lowest BCUT2D eigenvalue weighted by atomic mass is 10.1. The predicted molar refractivity (Wildman–Crippen MR) is 105 cm³/mol. The maximum atomic E-state index is 13.4. The van der Waals surface area contributed by atoms with Crippen molar-refractivity contribution in [2.45, 2.75) is 48.0 Å². The molecule has 1 N–H and O–H groups in total. The first kappa shape index (κ1) is 21.0. The molecule has 1 aliphatic carbocycles. The summed E-state index contributed by atoms with van der Waals surface area (Å²) in [4.78, 5) is 24.5. The maximum absolute atomic E-state index is 13.4. The molecule has 1 amide bonds. The van der Waals surface area contributed by atoms with E-state index >= 15 is 0 Å². The number of ether oxygens (including phenoxy) is 1. The number of hydrogen-bond donors (Lipinski definition) is 1. The standard InChI is InChI=1S/C21H22FNO5S/c1-20(2,3)28-19(25)23-21(13-24)17(14-9-11-15(22)12-10-14)18(21)29(26,27)16-7-5-4-6-8-16/h4-13,17-18H,1-3H3,(H,23,25)/t17-,18-,21+/m0/s1. The normalized spacial score (nSPS) is 23.9. The number of amides is 1. The highest BCUT2D eigenvalue weighted by Gasteiger charge is 2.73. The molecule has 0 aromatic heterocycles. The Kier molecular flexibility index (Phi) is 5.25. The van der Waals surface area contributed by atoms with E-state index in [-0.39, 0.29) is 4.90 Å². The van der Waals surface area contributed by atoms with Gasteiger partial charge in [0.05, 0.1) is 4.90 Å². The van der Waals surface area contributed by atoms with E-state index in [2.05, 4.69) is 5.32 Å². The average Bonchev–Trinajstić information content (AvgIpc) is 3.31. The highest BCUT2D eigenvalue weighted by Crippen LogP contribution is 2.56. The lowest BCUT2D eigenvalue weighted by Crippen LogP contribution is -2.45. The summed E-state index contributed by atoms with van der Waals surface area (Å²) in [5.74, 6) is -1.37. The Bertz CT molecular complexity index is 1020. The lowest BCUT2D eigenvalue weighted by molar-refractivity contribution is -0.110. The van der Waals surface area contributed by atoms with Crippen LogP contribution in [0.5, 0.6) is 0 Å². The molecule has 3 atom stereocenters. The van der Waals surface area contributed by atoms with Gasteiger partial charge >= 0.3 is 6.09 Å². The molecule has 1 fully saturated rings. The minimum atomic E-state index is -3.98. The van der Waals surface area contributed by atoms with Crippen LogP contribution in [0.4, 0.5) is 9.18 Å². The van der Waals surface area contributed by atoms with Gasteiger partial charge in [0.25, 0.3) is 0 Å². The Labute approximate surface area is 169 Å². The van der Waals surface area contributed by atoms with E-state index in [1.807, 2.05) is 0 Å². The zero-order chi connectivity index (χ0) is 21.4. The van der Waals surface area contributed by atoms with E-state index in [9.17, 15) is 22.4 Å². The van der Waals surface area contributed by atoms with Crippen LogP contribution in [0, 0.1) is 5.82 Å². The topological polar surface area (TPSA) is 89.5 Å². The summed E-state index contributed by atoms with van der Waals surface area (Å²) >= 11 is 0. The van der Waals surface area contributed by atoms with Gasteiger partial charge in [-0.05, 0) is 50.6 Å². The largest absolute Gasteiger partial charge is 0.444 e. The molecule has 1 saturated carbocycles. The fraction of sp³-hybridized carbons (Fsp3) is 0.333. The Hall–Kier alpha value is -2.74. The molecule has 154 valence electrons. The number of sulfone groups is 1. The molecule has 0 heterocycles. The number of alkyl carbamates (subject to hydrolysis) is 1. The molecule has 1 aliphatic rings. The Balaban J connectivity index is 2.04. The molecule has 29 heavy (non-hydrogen) atoms. The Morgan fingerprint density at radius 2 is 1.69 bits per heavy atom. The molecule has 0 spiro atoms. The van der Waals surface area contributed by atoms with Crippen LogP contribution in [0.15, 0.2) is 59.5 Å². The first-order valence-electron chi connectivity index (χ1n) is 9.03. The van der Waals surface area contributed by atoms with Crippen molar-refractivity contribution in [3.8, 4) is 0 Å². The summed E-state index contributed by atoms with van der Waals surface area (Å²) in [7, 11) is -3.98. The minimum Gasteiger partial charge on any atom is -0.444 e. The summed E-state index contributed by atoms with van der Waals surface area (Å²) in [5.41, 5.74) is -2.11. The van der Waals surface area contributed by atoms with Crippen LogP contribution in [0.2, 0.25) is 0 Å². The Morgan fingerprint density at radius 1 is 1.10 bits per heavy atom. The quantitative estimate of drug-likeness (QED) is 0.752. The molecule has 3 rings (SSSR count). The number of carbonyl (C=O) groups is 2. The van der Waals surface area contributed by atoms with Gasteiger partial charge in [0.15, 0.2) is 9.84 Å². The lowest BCUT2D eigenvalue weighted by Gasteiger charge is -2.22.